The van der Waals surface area contributed by atoms with Crippen molar-refractivity contribution in [3.05, 3.63) is 57.9 Å². The molecule has 1 unspecified atom stereocenters. The van der Waals surface area contributed by atoms with Crippen LogP contribution in [0.1, 0.15) is 17.2 Å². The second kappa shape index (κ2) is 6.10. The fourth-order valence-electron chi connectivity index (χ4n) is 1.89. The third-order valence-electron chi connectivity index (χ3n) is 2.84. The molecule has 0 aliphatic rings. The monoisotopic (exact) mass is 324 g/mol. The van der Waals surface area contributed by atoms with Crippen LogP contribution in [0.15, 0.2) is 41.0 Å². The van der Waals surface area contributed by atoms with E-state index in [4.69, 9.17) is 11.6 Å². The van der Waals surface area contributed by atoms with Crippen molar-refractivity contribution in [1.29, 1.82) is 0 Å². The lowest BCUT2D eigenvalue weighted by Crippen LogP contribution is -2.30. The molecule has 1 aromatic carbocycles. The number of rotatable bonds is 4. The zero-order valence-corrected chi connectivity index (χ0v) is 11.7. The van der Waals surface area contributed by atoms with Crippen LogP contribution in [0.5, 0.6) is 0 Å². The Labute approximate surface area is 119 Å². The summed E-state index contributed by atoms with van der Waals surface area (Å²) in [5.74, 6) is 5.69. The highest BCUT2D eigenvalue weighted by Crippen LogP contribution is 2.24. The number of nitrogens with zero attached hydrogens (tertiary/aromatic N) is 1. The summed E-state index contributed by atoms with van der Waals surface area (Å²) in [6.45, 7) is 0. The van der Waals surface area contributed by atoms with Crippen molar-refractivity contribution in [3.8, 4) is 0 Å². The first-order valence-electron chi connectivity index (χ1n) is 5.71. The lowest BCUT2D eigenvalue weighted by molar-refractivity contribution is 0.544. The van der Waals surface area contributed by atoms with E-state index in [0.29, 0.717) is 16.7 Å². The van der Waals surface area contributed by atoms with Gasteiger partial charge in [-0.25, -0.2) is 9.37 Å². The Kier molecular flexibility index (Phi) is 4.47. The molecule has 0 fully saturated rings. The Morgan fingerprint density at radius 3 is 2.79 bits per heavy atom. The number of nitrogens with one attached hydrogen (secondary N) is 1. The van der Waals surface area contributed by atoms with Crippen LogP contribution in [0.2, 0.25) is 0 Å². The summed E-state index contributed by atoms with van der Waals surface area (Å²) in [4.78, 5) is 4.02. The minimum Gasteiger partial charge on any atom is -0.383 e. The van der Waals surface area contributed by atoms with Crippen LogP contribution < -0.4 is 17.0 Å². The fraction of sp³-hybridized carbons (Fsp3) is 0.154. The van der Waals surface area contributed by atoms with Crippen LogP contribution in [-0.2, 0) is 6.42 Å². The number of hydrogen-bond acceptors (Lipinski definition) is 4. The number of anilines is 1. The molecule has 100 valence electrons. The number of nitrogens with two attached hydrogens (primary N) is 2. The van der Waals surface area contributed by atoms with Crippen molar-refractivity contribution >= 4 is 21.7 Å². The Morgan fingerprint density at radius 2 is 2.16 bits per heavy atom. The molecule has 0 saturated heterocycles. The topological polar surface area (TPSA) is 77.0 Å². The highest BCUT2D eigenvalue weighted by molar-refractivity contribution is 9.10. The van der Waals surface area contributed by atoms with Gasteiger partial charge in [-0.05, 0) is 41.8 Å². The van der Waals surface area contributed by atoms with Gasteiger partial charge in [0, 0.05) is 10.7 Å². The van der Waals surface area contributed by atoms with Crippen molar-refractivity contribution in [2.24, 2.45) is 5.84 Å². The molecule has 1 aromatic heterocycles. The van der Waals surface area contributed by atoms with Crippen LogP contribution in [-0.4, -0.2) is 4.98 Å². The molecule has 1 heterocycles. The van der Waals surface area contributed by atoms with Gasteiger partial charge in [-0.1, -0.05) is 22.0 Å². The number of hydrogen-bond donors (Lipinski definition) is 3. The van der Waals surface area contributed by atoms with Gasteiger partial charge in [0.15, 0.2) is 0 Å². The molecule has 0 saturated carbocycles. The zero-order chi connectivity index (χ0) is 13.8. The number of hydrazine groups is 1. The molecule has 4 nitrogen and oxygen atoms in total. The summed E-state index contributed by atoms with van der Waals surface area (Å²) < 4.78 is 14.1. The lowest BCUT2D eigenvalue weighted by atomic mass is 10.00. The maximum Gasteiger partial charge on any atom is 0.126 e. The van der Waals surface area contributed by atoms with Gasteiger partial charge < -0.3 is 5.73 Å². The molecule has 1 atom stereocenters. The first-order valence-corrected chi connectivity index (χ1v) is 6.51. The molecule has 0 spiro atoms. The van der Waals surface area contributed by atoms with E-state index >= 15 is 0 Å². The second-order valence-corrected chi connectivity index (χ2v) is 5.09. The van der Waals surface area contributed by atoms with Crippen LogP contribution in [0.4, 0.5) is 10.2 Å². The predicted octanol–water partition coefficient (Wildman–Crippen LogP) is 2.31. The largest absolute Gasteiger partial charge is 0.383 e. The fourth-order valence-corrected chi connectivity index (χ4v) is 2.38. The molecule has 2 rings (SSSR count). The summed E-state index contributed by atoms with van der Waals surface area (Å²) in [5.41, 5.74) is 10.1. The quantitative estimate of drug-likeness (QED) is 0.595. The predicted molar refractivity (Wildman–Crippen MR) is 76.5 cm³/mol. The maximum atomic E-state index is 13.4. The average molecular weight is 325 g/mol. The van der Waals surface area contributed by atoms with Gasteiger partial charge in [-0.3, -0.25) is 11.3 Å². The van der Waals surface area contributed by atoms with E-state index in [1.54, 1.807) is 12.3 Å². The number of benzene rings is 1. The second-order valence-electron chi connectivity index (χ2n) is 4.17. The number of aromatic nitrogens is 1. The molecule has 6 heteroatoms. The van der Waals surface area contributed by atoms with Crippen LogP contribution >= 0.6 is 15.9 Å². The number of nitrogen functional groups attached to an aromatic ring is 1. The van der Waals surface area contributed by atoms with Crippen molar-refractivity contribution in [3.63, 3.8) is 0 Å². The minimum absolute atomic E-state index is 0.238. The highest BCUT2D eigenvalue weighted by atomic mass is 79.9. The summed E-state index contributed by atoms with van der Waals surface area (Å²) in [6.07, 6.45) is 2.16. The first-order chi connectivity index (χ1) is 9.10. The van der Waals surface area contributed by atoms with Crippen LogP contribution in [0.25, 0.3) is 0 Å². The molecular weight excluding hydrogens is 311 g/mol. The smallest absolute Gasteiger partial charge is 0.126 e. The Hall–Kier alpha value is -1.50. The number of pyridine rings is 1. The van der Waals surface area contributed by atoms with Crippen LogP contribution in [0.3, 0.4) is 0 Å². The lowest BCUT2D eigenvalue weighted by Gasteiger charge is -2.17. The molecule has 0 aliphatic carbocycles. The van der Waals surface area contributed by atoms with Gasteiger partial charge in [0.25, 0.3) is 0 Å². The zero-order valence-electron chi connectivity index (χ0n) is 10.1. The van der Waals surface area contributed by atoms with E-state index in [2.05, 4.69) is 26.3 Å². The third-order valence-corrected chi connectivity index (χ3v) is 3.30. The van der Waals surface area contributed by atoms with Crippen molar-refractivity contribution in [2.45, 2.75) is 12.5 Å². The van der Waals surface area contributed by atoms with E-state index in [0.717, 1.165) is 11.1 Å². The molecule has 0 amide bonds. The number of halogens is 2. The Balaban J connectivity index is 2.28. The van der Waals surface area contributed by atoms with Crippen molar-refractivity contribution < 1.29 is 4.39 Å². The van der Waals surface area contributed by atoms with E-state index in [9.17, 15) is 4.39 Å². The molecule has 2 aromatic rings. The first kappa shape index (κ1) is 13.9. The summed E-state index contributed by atoms with van der Waals surface area (Å²) >= 11 is 3.26. The van der Waals surface area contributed by atoms with Gasteiger partial charge in [0.1, 0.15) is 11.6 Å². The molecular formula is C13H14BrFN4. The third kappa shape index (κ3) is 3.50. The Morgan fingerprint density at radius 1 is 1.37 bits per heavy atom. The van der Waals surface area contributed by atoms with Gasteiger partial charge >= 0.3 is 0 Å². The van der Waals surface area contributed by atoms with Gasteiger partial charge in [-0.2, -0.15) is 0 Å². The van der Waals surface area contributed by atoms with Crippen LogP contribution in [0, 0.1) is 5.82 Å². The normalized spacial score (nSPS) is 12.4. The van der Waals surface area contributed by atoms with Crippen molar-refractivity contribution in [1.82, 2.24) is 10.4 Å². The van der Waals surface area contributed by atoms with E-state index in [1.807, 2.05) is 12.1 Å². The van der Waals surface area contributed by atoms with Gasteiger partial charge in [-0.15, -0.1) is 0 Å². The standard InChI is InChI=1S/C13H14BrFN4/c14-10-4-9(5-11(15)7-10)12(19-17)6-8-2-1-3-18-13(8)16/h1-5,7,12,19H,6,17H2,(H2,16,18). The molecule has 0 bridgehead atoms. The van der Waals surface area contributed by atoms with E-state index in [1.165, 1.54) is 12.1 Å². The van der Waals surface area contributed by atoms with Crippen molar-refractivity contribution in [2.75, 3.05) is 5.73 Å². The molecule has 0 radical (unpaired) electrons. The van der Waals surface area contributed by atoms with Gasteiger partial charge in [0.2, 0.25) is 0 Å². The molecule has 0 aliphatic heterocycles. The highest BCUT2D eigenvalue weighted by Gasteiger charge is 2.14. The SMILES string of the molecule is NNC(Cc1cccnc1N)c1cc(F)cc(Br)c1. The maximum absolute atomic E-state index is 13.4. The van der Waals surface area contributed by atoms with E-state index < -0.39 is 0 Å². The summed E-state index contributed by atoms with van der Waals surface area (Å²) in [7, 11) is 0. The molecule has 19 heavy (non-hydrogen) atoms. The summed E-state index contributed by atoms with van der Waals surface area (Å²) in [5, 5.41) is 0. The van der Waals surface area contributed by atoms with E-state index in [-0.39, 0.29) is 11.9 Å². The average Bonchev–Trinajstić information content (AvgIpc) is 2.36. The minimum atomic E-state index is -0.316. The summed E-state index contributed by atoms with van der Waals surface area (Å²) in [6, 6.07) is 8.11. The molecule has 5 N–H and O–H groups in total. The Bertz CT molecular complexity index is 556. The van der Waals surface area contributed by atoms with Gasteiger partial charge in [0.05, 0.1) is 6.04 Å².